The number of β-amino-alcohol motifs (C(OH)–C–C–N with tert-alkyl or cyclic N) is 1. The highest BCUT2D eigenvalue weighted by atomic mass is 16.5. The van der Waals surface area contributed by atoms with Crippen molar-refractivity contribution in [3.8, 4) is 11.8 Å². The van der Waals surface area contributed by atoms with Crippen LogP contribution in [-0.4, -0.2) is 66.4 Å². The number of nitriles is 1. The maximum absolute atomic E-state index is 9.50. The molecule has 0 saturated carbocycles. The average molecular weight is 303 g/mol. The second kappa shape index (κ2) is 8.14. The van der Waals surface area contributed by atoms with E-state index in [0.717, 1.165) is 38.5 Å². The van der Waals surface area contributed by atoms with E-state index in [1.165, 1.54) is 0 Å². The van der Waals surface area contributed by atoms with Crippen LogP contribution < -0.4 is 4.74 Å². The van der Waals surface area contributed by atoms with Crippen LogP contribution in [0.15, 0.2) is 24.3 Å². The van der Waals surface area contributed by atoms with Crippen LogP contribution in [0.4, 0.5) is 0 Å². The summed E-state index contributed by atoms with van der Waals surface area (Å²) in [6.45, 7) is 9.26. The zero-order valence-corrected chi connectivity index (χ0v) is 13.4. The van der Waals surface area contributed by atoms with Gasteiger partial charge in [0, 0.05) is 38.8 Å². The minimum absolute atomic E-state index is 0.273. The van der Waals surface area contributed by atoms with Crippen molar-refractivity contribution >= 4 is 0 Å². The molecule has 0 bridgehead atoms. The number of ether oxygens (including phenoxy) is 1. The summed E-state index contributed by atoms with van der Waals surface area (Å²) in [5, 5.41) is 18.4. The molecule has 5 nitrogen and oxygen atoms in total. The van der Waals surface area contributed by atoms with Gasteiger partial charge in [-0.15, -0.1) is 0 Å². The van der Waals surface area contributed by atoms with Gasteiger partial charge in [-0.1, -0.05) is 6.07 Å². The van der Waals surface area contributed by atoms with E-state index < -0.39 is 0 Å². The number of hydrogen-bond donors (Lipinski definition) is 1. The summed E-state index contributed by atoms with van der Waals surface area (Å²) in [7, 11) is 0. The van der Waals surface area contributed by atoms with Crippen LogP contribution >= 0.6 is 0 Å². The van der Waals surface area contributed by atoms with Crippen LogP contribution in [0.2, 0.25) is 0 Å². The minimum atomic E-state index is -0.273. The molecule has 0 spiro atoms. The summed E-state index contributed by atoms with van der Waals surface area (Å²) in [5.74, 6) is 0.750. The van der Waals surface area contributed by atoms with E-state index in [4.69, 9.17) is 10.00 Å². The number of nitrogens with zero attached hydrogens (tertiary/aromatic N) is 3. The van der Waals surface area contributed by atoms with Gasteiger partial charge in [0.25, 0.3) is 0 Å². The Balaban J connectivity index is 1.73. The number of rotatable bonds is 6. The Morgan fingerprint density at radius 2 is 2.27 bits per heavy atom. The Kier molecular flexibility index (Phi) is 6.20. The molecular formula is C17H25N3O2. The summed E-state index contributed by atoms with van der Waals surface area (Å²) in [6, 6.07) is 9.82. The molecule has 1 aliphatic rings. The Morgan fingerprint density at radius 1 is 1.45 bits per heavy atom. The highest BCUT2D eigenvalue weighted by Crippen LogP contribution is 2.13. The van der Waals surface area contributed by atoms with E-state index in [9.17, 15) is 5.11 Å². The summed E-state index contributed by atoms with van der Waals surface area (Å²) >= 11 is 0. The SMILES string of the molecule is C[C@H](O)CN1CCN(CCOc2cccc(C#N)c2)C[C@@H]1C. The van der Waals surface area contributed by atoms with Crippen LogP contribution in [0.25, 0.3) is 0 Å². The normalized spacial score (nSPS) is 21.3. The van der Waals surface area contributed by atoms with E-state index in [-0.39, 0.29) is 6.10 Å². The predicted octanol–water partition coefficient (Wildman–Crippen LogP) is 1.32. The molecule has 0 amide bonds. The lowest BCUT2D eigenvalue weighted by Gasteiger charge is -2.40. The molecule has 1 aromatic rings. The van der Waals surface area contributed by atoms with Crippen LogP contribution in [0, 0.1) is 11.3 Å². The molecule has 0 radical (unpaired) electrons. The molecule has 1 aliphatic heterocycles. The Morgan fingerprint density at radius 3 is 2.95 bits per heavy atom. The Labute approximate surface area is 132 Å². The zero-order chi connectivity index (χ0) is 15.9. The summed E-state index contributed by atoms with van der Waals surface area (Å²) in [5.41, 5.74) is 0.623. The van der Waals surface area contributed by atoms with Gasteiger partial charge in [0.2, 0.25) is 0 Å². The summed E-state index contributed by atoms with van der Waals surface area (Å²) in [4.78, 5) is 4.72. The molecule has 0 aromatic heterocycles. The van der Waals surface area contributed by atoms with Crippen molar-refractivity contribution in [1.82, 2.24) is 9.80 Å². The van der Waals surface area contributed by atoms with Crippen molar-refractivity contribution in [3.05, 3.63) is 29.8 Å². The molecule has 1 aromatic carbocycles. The number of aliphatic hydroxyl groups is 1. The molecule has 2 atom stereocenters. The fourth-order valence-electron chi connectivity index (χ4n) is 2.83. The highest BCUT2D eigenvalue weighted by molar-refractivity contribution is 5.36. The van der Waals surface area contributed by atoms with Crippen molar-refractivity contribution < 1.29 is 9.84 Å². The van der Waals surface area contributed by atoms with Crippen molar-refractivity contribution in [1.29, 1.82) is 5.26 Å². The lowest BCUT2D eigenvalue weighted by molar-refractivity contribution is 0.0405. The van der Waals surface area contributed by atoms with Gasteiger partial charge >= 0.3 is 0 Å². The quantitative estimate of drug-likeness (QED) is 0.859. The minimum Gasteiger partial charge on any atom is -0.492 e. The van der Waals surface area contributed by atoms with Gasteiger partial charge in [-0.2, -0.15) is 5.26 Å². The van der Waals surface area contributed by atoms with Crippen molar-refractivity contribution in [2.45, 2.75) is 26.0 Å². The summed E-state index contributed by atoms with van der Waals surface area (Å²) < 4.78 is 5.73. The van der Waals surface area contributed by atoms with Crippen LogP contribution in [0.3, 0.4) is 0 Å². The van der Waals surface area contributed by atoms with E-state index in [0.29, 0.717) is 18.2 Å². The fraction of sp³-hybridized carbons (Fsp3) is 0.588. The molecule has 2 rings (SSSR count). The Hall–Kier alpha value is -1.61. The van der Waals surface area contributed by atoms with Gasteiger partial charge in [-0.3, -0.25) is 9.80 Å². The average Bonchev–Trinajstić information content (AvgIpc) is 2.50. The summed E-state index contributed by atoms with van der Waals surface area (Å²) in [6.07, 6.45) is -0.273. The third-order valence-corrected chi connectivity index (χ3v) is 3.99. The van der Waals surface area contributed by atoms with Gasteiger partial charge in [-0.25, -0.2) is 0 Å². The van der Waals surface area contributed by atoms with Gasteiger partial charge in [0.1, 0.15) is 12.4 Å². The van der Waals surface area contributed by atoms with Gasteiger partial charge in [-0.05, 0) is 32.0 Å². The molecule has 0 aliphatic carbocycles. The third kappa shape index (κ3) is 4.99. The fourth-order valence-corrected chi connectivity index (χ4v) is 2.83. The predicted molar refractivity (Wildman–Crippen MR) is 85.8 cm³/mol. The van der Waals surface area contributed by atoms with Gasteiger partial charge < -0.3 is 9.84 Å². The van der Waals surface area contributed by atoms with Gasteiger partial charge in [0.15, 0.2) is 0 Å². The first-order valence-electron chi connectivity index (χ1n) is 7.86. The molecule has 120 valence electrons. The van der Waals surface area contributed by atoms with Crippen molar-refractivity contribution in [2.75, 3.05) is 39.3 Å². The lowest BCUT2D eigenvalue weighted by atomic mass is 10.1. The van der Waals surface area contributed by atoms with Crippen LogP contribution in [0.5, 0.6) is 5.75 Å². The second-order valence-electron chi connectivity index (χ2n) is 5.98. The first-order chi connectivity index (χ1) is 10.6. The molecule has 1 saturated heterocycles. The molecular weight excluding hydrogens is 278 g/mol. The topological polar surface area (TPSA) is 59.7 Å². The van der Waals surface area contributed by atoms with E-state index >= 15 is 0 Å². The zero-order valence-electron chi connectivity index (χ0n) is 13.4. The number of piperazine rings is 1. The second-order valence-corrected chi connectivity index (χ2v) is 5.98. The van der Waals surface area contributed by atoms with E-state index in [1.807, 2.05) is 19.1 Å². The third-order valence-electron chi connectivity index (χ3n) is 3.99. The Bertz CT molecular complexity index is 513. The van der Waals surface area contributed by atoms with Crippen LogP contribution in [-0.2, 0) is 0 Å². The van der Waals surface area contributed by atoms with E-state index in [2.05, 4.69) is 22.8 Å². The lowest BCUT2D eigenvalue weighted by Crippen LogP contribution is -2.54. The standard InChI is InChI=1S/C17H25N3O2/c1-14-12-19(6-7-20(14)13-15(2)21)8-9-22-17-5-3-4-16(10-17)11-18/h3-5,10,14-15,21H,6-9,12-13H2,1-2H3/t14-,15-/m0/s1. The molecule has 22 heavy (non-hydrogen) atoms. The molecule has 1 heterocycles. The first-order valence-corrected chi connectivity index (χ1v) is 7.86. The van der Waals surface area contributed by atoms with Gasteiger partial charge in [0.05, 0.1) is 17.7 Å². The number of benzene rings is 1. The van der Waals surface area contributed by atoms with Crippen molar-refractivity contribution in [2.24, 2.45) is 0 Å². The molecule has 5 heteroatoms. The largest absolute Gasteiger partial charge is 0.492 e. The number of aliphatic hydroxyl groups excluding tert-OH is 1. The smallest absolute Gasteiger partial charge is 0.120 e. The molecule has 0 unspecified atom stereocenters. The van der Waals surface area contributed by atoms with Crippen LogP contribution in [0.1, 0.15) is 19.4 Å². The highest BCUT2D eigenvalue weighted by Gasteiger charge is 2.24. The molecule has 1 fully saturated rings. The first kappa shape index (κ1) is 16.8. The monoisotopic (exact) mass is 303 g/mol. The van der Waals surface area contributed by atoms with E-state index in [1.54, 1.807) is 12.1 Å². The maximum Gasteiger partial charge on any atom is 0.120 e. The van der Waals surface area contributed by atoms with Crippen molar-refractivity contribution in [3.63, 3.8) is 0 Å². The maximum atomic E-state index is 9.50. The molecule has 1 N–H and O–H groups in total. The number of hydrogen-bond acceptors (Lipinski definition) is 5.